The largest absolute Gasteiger partial charge is 0.346 e. The summed E-state index contributed by atoms with van der Waals surface area (Å²) < 4.78 is 0. The van der Waals surface area contributed by atoms with Crippen molar-refractivity contribution in [1.29, 1.82) is 0 Å². The van der Waals surface area contributed by atoms with Gasteiger partial charge in [0.05, 0.1) is 11.5 Å². The van der Waals surface area contributed by atoms with Crippen molar-refractivity contribution in [2.24, 2.45) is 5.92 Å². The number of nitrogens with one attached hydrogen (secondary N) is 2. The van der Waals surface area contributed by atoms with Gasteiger partial charge in [0.2, 0.25) is 5.91 Å². The van der Waals surface area contributed by atoms with Gasteiger partial charge >= 0.3 is 0 Å². The van der Waals surface area contributed by atoms with Crippen LogP contribution >= 0.6 is 12.4 Å². The lowest BCUT2D eigenvalue weighted by Crippen LogP contribution is -2.46. The Morgan fingerprint density at radius 1 is 1.33 bits per heavy atom. The highest BCUT2D eigenvalue weighted by atomic mass is 35.5. The molecule has 3 rings (SSSR count). The van der Waals surface area contributed by atoms with Gasteiger partial charge in [0.15, 0.2) is 0 Å². The summed E-state index contributed by atoms with van der Waals surface area (Å²) in [7, 11) is 0. The Bertz CT molecular complexity index is 491. The van der Waals surface area contributed by atoms with Crippen molar-refractivity contribution in [3.05, 3.63) is 35.4 Å². The molecule has 1 aromatic carbocycles. The van der Waals surface area contributed by atoms with Crippen molar-refractivity contribution in [1.82, 2.24) is 10.6 Å². The Morgan fingerprint density at radius 3 is 2.71 bits per heavy atom. The average molecular weight is 309 g/mol. The minimum absolute atomic E-state index is 0. The van der Waals surface area contributed by atoms with E-state index in [0.717, 1.165) is 32.4 Å². The molecule has 116 valence electrons. The summed E-state index contributed by atoms with van der Waals surface area (Å²) in [5, 5.41) is 6.68. The monoisotopic (exact) mass is 308 g/mol. The summed E-state index contributed by atoms with van der Waals surface area (Å²) >= 11 is 0. The molecule has 1 aliphatic heterocycles. The fourth-order valence-corrected chi connectivity index (χ4v) is 3.62. The maximum absolute atomic E-state index is 12.5. The summed E-state index contributed by atoms with van der Waals surface area (Å²) in [6.45, 7) is 3.92. The van der Waals surface area contributed by atoms with E-state index in [2.05, 4.69) is 41.8 Å². The molecule has 1 amide bonds. The average Bonchev–Trinajstić information content (AvgIpc) is 3.10. The SMILES string of the molecule is Cc1cccc(C2(NC(=O)C3CCNC3)CCCC2)c1.Cl. The van der Waals surface area contributed by atoms with Crippen LogP contribution in [0.2, 0.25) is 0 Å². The minimum Gasteiger partial charge on any atom is -0.346 e. The lowest BCUT2D eigenvalue weighted by Gasteiger charge is -2.32. The quantitative estimate of drug-likeness (QED) is 0.901. The number of rotatable bonds is 3. The van der Waals surface area contributed by atoms with Crippen molar-refractivity contribution < 1.29 is 4.79 Å². The third kappa shape index (κ3) is 3.41. The van der Waals surface area contributed by atoms with Gasteiger partial charge in [0, 0.05) is 6.54 Å². The molecule has 4 heteroatoms. The van der Waals surface area contributed by atoms with E-state index in [9.17, 15) is 4.79 Å². The fourth-order valence-electron chi connectivity index (χ4n) is 3.62. The van der Waals surface area contributed by atoms with Crippen LogP contribution < -0.4 is 10.6 Å². The van der Waals surface area contributed by atoms with Gasteiger partial charge in [0.25, 0.3) is 0 Å². The van der Waals surface area contributed by atoms with E-state index < -0.39 is 0 Å². The van der Waals surface area contributed by atoms with Gasteiger partial charge in [-0.15, -0.1) is 12.4 Å². The van der Waals surface area contributed by atoms with Crippen LogP contribution in [0.15, 0.2) is 24.3 Å². The lowest BCUT2D eigenvalue weighted by molar-refractivity contribution is -0.126. The zero-order chi connectivity index (χ0) is 14.0. The van der Waals surface area contributed by atoms with E-state index in [1.807, 2.05) is 0 Å². The summed E-state index contributed by atoms with van der Waals surface area (Å²) in [6.07, 6.45) is 5.52. The highest BCUT2D eigenvalue weighted by Gasteiger charge is 2.38. The second-order valence-electron chi connectivity index (χ2n) is 6.34. The number of halogens is 1. The molecule has 1 heterocycles. The van der Waals surface area contributed by atoms with Crippen molar-refractivity contribution in [2.75, 3.05) is 13.1 Å². The number of benzene rings is 1. The molecule has 1 unspecified atom stereocenters. The van der Waals surface area contributed by atoms with Crippen molar-refractivity contribution in [3.8, 4) is 0 Å². The van der Waals surface area contributed by atoms with Gasteiger partial charge < -0.3 is 10.6 Å². The maximum atomic E-state index is 12.5. The van der Waals surface area contributed by atoms with E-state index in [-0.39, 0.29) is 29.8 Å². The Morgan fingerprint density at radius 2 is 2.10 bits per heavy atom. The first-order valence-electron chi connectivity index (χ1n) is 7.79. The van der Waals surface area contributed by atoms with Gasteiger partial charge in [-0.05, 0) is 38.3 Å². The van der Waals surface area contributed by atoms with Gasteiger partial charge in [-0.3, -0.25) is 4.79 Å². The summed E-state index contributed by atoms with van der Waals surface area (Å²) in [5.41, 5.74) is 2.44. The summed E-state index contributed by atoms with van der Waals surface area (Å²) in [4.78, 5) is 12.5. The number of aryl methyl sites for hydroxylation is 1. The Labute approximate surface area is 133 Å². The molecule has 2 aliphatic rings. The van der Waals surface area contributed by atoms with Crippen molar-refractivity contribution >= 4 is 18.3 Å². The van der Waals surface area contributed by atoms with Crippen LogP contribution in [-0.4, -0.2) is 19.0 Å². The smallest absolute Gasteiger partial charge is 0.225 e. The predicted molar refractivity (Wildman–Crippen MR) is 87.7 cm³/mol. The number of carbonyl (C=O) groups excluding carboxylic acids is 1. The minimum atomic E-state index is -0.119. The molecule has 1 saturated heterocycles. The second-order valence-corrected chi connectivity index (χ2v) is 6.34. The van der Waals surface area contributed by atoms with E-state index in [0.29, 0.717) is 0 Å². The van der Waals surface area contributed by atoms with Crippen LogP contribution in [0.3, 0.4) is 0 Å². The predicted octanol–water partition coefficient (Wildman–Crippen LogP) is 2.91. The Balaban J connectivity index is 0.00000161. The molecule has 0 radical (unpaired) electrons. The highest BCUT2D eigenvalue weighted by Crippen LogP contribution is 2.39. The van der Waals surface area contributed by atoms with Crippen molar-refractivity contribution in [3.63, 3.8) is 0 Å². The molecular formula is C17H25ClN2O. The zero-order valence-electron chi connectivity index (χ0n) is 12.7. The molecule has 2 N–H and O–H groups in total. The van der Waals surface area contributed by atoms with Crippen LogP contribution in [0.25, 0.3) is 0 Å². The van der Waals surface area contributed by atoms with Crippen LogP contribution in [0.1, 0.15) is 43.2 Å². The fraction of sp³-hybridized carbons (Fsp3) is 0.588. The van der Waals surface area contributed by atoms with Crippen LogP contribution in [0, 0.1) is 12.8 Å². The second kappa shape index (κ2) is 6.80. The summed E-state index contributed by atoms with van der Waals surface area (Å²) in [5.74, 6) is 0.385. The molecule has 1 atom stereocenters. The van der Waals surface area contributed by atoms with Gasteiger partial charge in [-0.25, -0.2) is 0 Å². The molecule has 1 aliphatic carbocycles. The van der Waals surface area contributed by atoms with E-state index in [4.69, 9.17) is 0 Å². The van der Waals surface area contributed by atoms with Crippen LogP contribution in [0.5, 0.6) is 0 Å². The van der Waals surface area contributed by atoms with Crippen LogP contribution in [-0.2, 0) is 10.3 Å². The standard InChI is InChI=1S/C17H24N2O.ClH/c1-13-5-4-6-15(11-13)17(8-2-3-9-17)19-16(20)14-7-10-18-12-14;/h4-6,11,14,18H,2-3,7-10,12H2,1H3,(H,19,20);1H. The first kappa shape index (κ1) is 16.3. The van der Waals surface area contributed by atoms with Crippen LogP contribution in [0.4, 0.5) is 0 Å². The van der Waals surface area contributed by atoms with E-state index in [1.54, 1.807) is 0 Å². The Kier molecular flexibility index (Phi) is 5.28. The molecular weight excluding hydrogens is 284 g/mol. The number of hydrogen-bond acceptors (Lipinski definition) is 2. The number of hydrogen-bond donors (Lipinski definition) is 2. The topological polar surface area (TPSA) is 41.1 Å². The number of amides is 1. The molecule has 0 bridgehead atoms. The van der Waals surface area contributed by atoms with Crippen molar-refractivity contribution in [2.45, 2.75) is 44.6 Å². The molecule has 1 saturated carbocycles. The van der Waals surface area contributed by atoms with E-state index >= 15 is 0 Å². The van der Waals surface area contributed by atoms with Gasteiger partial charge in [-0.2, -0.15) is 0 Å². The lowest BCUT2D eigenvalue weighted by atomic mass is 9.86. The molecule has 3 nitrogen and oxygen atoms in total. The summed E-state index contributed by atoms with van der Waals surface area (Å²) in [6, 6.07) is 8.63. The van der Waals surface area contributed by atoms with E-state index in [1.165, 1.54) is 24.0 Å². The van der Waals surface area contributed by atoms with Gasteiger partial charge in [-0.1, -0.05) is 42.7 Å². The molecule has 0 spiro atoms. The third-order valence-corrected chi connectivity index (χ3v) is 4.82. The normalized spacial score (nSPS) is 23.6. The van der Waals surface area contributed by atoms with Gasteiger partial charge in [0.1, 0.15) is 0 Å². The first-order chi connectivity index (χ1) is 9.70. The third-order valence-electron chi connectivity index (χ3n) is 4.82. The first-order valence-corrected chi connectivity index (χ1v) is 7.79. The highest BCUT2D eigenvalue weighted by molar-refractivity contribution is 5.85. The maximum Gasteiger partial charge on any atom is 0.225 e. The molecule has 0 aromatic heterocycles. The molecule has 21 heavy (non-hydrogen) atoms. The molecule has 2 fully saturated rings. The number of carbonyl (C=O) groups is 1. The molecule has 1 aromatic rings. The Hall–Kier alpha value is -1.06. The zero-order valence-corrected chi connectivity index (χ0v) is 13.5.